The van der Waals surface area contributed by atoms with Gasteiger partial charge in [0, 0.05) is 30.8 Å². The minimum Gasteiger partial charge on any atom is -0.488 e. The van der Waals surface area contributed by atoms with Crippen LogP contribution in [0.15, 0.2) is 77.0 Å². The van der Waals surface area contributed by atoms with Crippen molar-refractivity contribution in [3.63, 3.8) is 0 Å². The summed E-state index contributed by atoms with van der Waals surface area (Å²) in [5.74, 6) is 1.69. The van der Waals surface area contributed by atoms with Crippen molar-refractivity contribution in [2.24, 2.45) is 0 Å². The van der Waals surface area contributed by atoms with Gasteiger partial charge in [0.05, 0.1) is 37.9 Å². The summed E-state index contributed by atoms with van der Waals surface area (Å²) in [5, 5.41) is 13.0. The third-order valence-corrected chi connectivity index (χ3v) is 5.92. The predicted octanol–water partition coefficient (Wildman–Crippen LogP) is 3.63. The Morgan fingerprint density at radius 1 is 1.37 bits per heavy atom. The lowest BCUT2D eigenvalue weighted by molar-refractivity contribution is 0.0703. The monoisotopic (exact) mass is 473 g/mol. The second-order valence-electron chi connectivity index (χ2n) is 8.11. The highest BCUT2D eigenvalue weighted by Crippen LogP contribution is 2.33. The maximum atomic E-state index is 12.5. The molecule has 35 heavy (non-hydrogen) atoms. The zero-order chi connectivity index (χ0) is 24.2. The van der Waals surface area contributed by atoms with Crippen molar-refractivity contribution in [2.45, 2.75) is 25.4 Å². The number of allylic oxidation sites excluding steroid dienone is 3. The fourth-order valence-corrected chi connectivity index (χ4v) is 4.17. The SMILES string of the molecule is COc1ncc(N2C=COC(C3=C(O[C@H]4CCN(C(=O)c5ccno5)C4)C=CCC3)=C2)cc1C#N. The number of nitriles is 1. The van der Waals surface area contributed by atoms with E-state index in [1.807, 2.05) is 17.2 Å². The summed E-state index contributed by atoms with van der Waals surface area (Å²) in [7, 11) is 1.48. The van der Waals surface area contributed by atoms with Crippen LogP contribution in [-0.4, -0.2) is 47.3 Å². The Hall–Kier alpha value is -4.52. The number of ether oxygens (including phenoxy) is 3. The number of hydrogen-bond donors (Lipinski definition) is 0. The van der Waals surface area contributed by atoms with Crippen LogP contribution in [-0.2, 0) is 9.47 Å². The summed E-state index contributed by atoms with van der Waals surface area (Å²) in [6.07, 6.45) is 14.5. The van der Waals surface area contributed by atoms with Crippen molar-refractivity contribution in [3.05, 3.63) is 83.8 Å². The zero-order valence-electron chi connectivity index (χ0n) is 19.1. The minimum atomic E-state index is -0.189. The summed E-state index contributed by atoms with van der Waals surface area (Å²) in [5.41, 5.74) is 1.98. The van der Waals surface area contributed by atoms with Gasteiger partial charge >= 0.3 is 0 Å². The molecule has 5 rings (SSSR count). The zero-order valence-corrected chi connectivity index (χ0v) is 19.1. The largest absolute Gasteiger partial charge is 0.488 e. The molecule has 10 heteroatoms. The number of hydrogen-bond acceptors (Lipinski definition) is 9. The first-order valence-electron chi connectivity index (χ1n) is 11.2. The van der Waals surface area contributed by atoms with E-state index in [1.165, 1.54) is 13.3 Å². The molecule has 0 radical (unpaired) electrons. The lowest BCUT2D eigenvalue weighted by atomic mass is 10.0. The second kappa shape index (κ2) is 9.77. The molecule has 0 saturated carbocycles. The van der Waals surface area contributed by atoms with Crippen molar-refractivity contribution in [2.75, 3.05) is 25.1 Å². The van der Waals surface area contributed by atoms with Crippen LogP contribution in [0.1, 0.15) is 35.4 Å². The van der Waals surface area contributed by atoms with Gasteiger partial charge in [0.2, 0.25) is 11.6 Å². The van der Waals surface area contributed by atoms with Gasteiger partial charge in [-0.25, -0.2) is 4.98 Å². The molecule has 2 aromatic rings. The van der Waals surface area contributed by atoms with Crippen LogP contribution in [0.3, 0.4) is 0 Å². The molecule has 2 aliphatic heterocycles. The Balaban J connectivity index is 1.34. The molecular formula is C25H23N5O5. The Morgan fingerprint density at radius 2 is 2.29 bits per heavy atom. The Kier molecular flexibility index (Phi) is 6.22. The van der Waals surface area contributed by atoms with Crippen LogP contribution in [0.4, 0.5) is 5.69 Å². The van der Waals surface area contributed by atoms with E-state index in [2.05, 4.69) is 22.3 Å². The summed E-state index contributed by atoms with van der Waals surface area (Å²) in [4.78, 5) is 20.3. The predicted molar refractivity (Wildman–Crippen MR) is 124 cm³/mol. The highest BCUT2D eigenvalue weighted by molar-refractivity contribution is 5.91. The number of nitrogens with zero attached hydrogens (tertiary/aromatic N) is 5. The average molecular weight is 473 g/mol. The van der Waals surface area contributed by atoms with E-state index in [1.54, 1.807) is 35.7 Å². The van der Waals surface area contributed by atoms with Crippen LogP contribution in [0.25, 0.3) is 0 Å². The van der Waals surface area contributed by atoms with Crippen molar-refractivity contribution in [3.8, 4) is 11.9 Å². The molecule has 0 bridgehead atoms. The molecule has 178 valence electrons. The van der Waals surface area contributed by atoms with E-state index in [9.17, 15) is 10.1 Å². The molecule has 1 amide bonds. The number of likely N-dealkylation sites (tertiary alicyclic amines) is 1. The molecule has 1 fully saturated rings. The number of carbonyl (C=O) groups is 1. The molecule has 0 spiro atoms. The van der Waals surface area contributed by atoms with Crippen LogP contribution < -0.4 is 9.64 Å². The number of carbonyl (C=O) groups excluding carboxylic acids is 1. The maximum Gasteiger partial charge on any atom is 0.292 e. The molecule has 10 nitrogen and oxygen atoms in total. The van der Waals surface area contributed by atoms with Crippen LogP contribution in [0.2, 0.25) is 0 Å². The van der Waals surface area contributed by atoms with Gasteiger partial charge in [-0.15, -0.1) is 0 Å². The Bertz CT molecular complexity index is 1270. The van der Waals surface area contributed by atoms with Gasteiger partial charge < -0.3 is 28.5 Å². The number of methoxy groups -OCH3 is 1. The first-order chi connectivity index (χ1) is 17.2. The Morgan fingerprint density at radius 3 is 3.09 bits per heavy atom. The highest BCUT2D eigenvalue weighted by atomic mass is 16.5. The number of pyridine rings is 1. The minimum absolute atomic E-state index is 0.144. The van der Waals surface area contributed by atoms with Gasteiger partial charge in [0.1, 0.15) is 35.5 Å². The van der Waals surface area contributed by atoms with E-state index in [4.69, 9.17) is 18.7 Å². The molecule has 0 unspecified atom stereocenters. The first kappa shape index (κ1) is 22.3. The fourth-order valence-electron chi connectivity index (χ4n) is 4.17. The standard InChI is InChI=1S/C25H23N5O5/c1-32-24-17(13-26)12-18(14-27-24)29-10-11-33-23(16-29)20-4-2-3-5-21(20)34-19-7-9-30(15-19)25(31)22-6-8-28-35-22/h3,5-6,8,10-12,14,16,19H,2,4,7,9,15H2,1H3/t19-/m0/s1. The van der Waals surface area contributed by atoms with Gasteiger partial charge in [-0.2, -0.15) is 5.26 Å². The van der Waals surface area contributed by atoms with Crippen molar-refractivity contribution in [1.82, 2.24) is 15.0 Å². The van der Waals surface area contributed by atoms with Gasteiger partial charge in [-0.1, -0.05) is 11.2 Å². The molecule has 2 aromatic heterocycles. The van der Waals surface area contributed by atoms with Crippen LogP contribution in [0, 0.1) is 11.3 Å². The van der Waals surface area contributed by atoms with E-state index in [-0.39, 0.29) is 23.7 Å². The molecule has 0 aromatic carbocycles. The van der Waals surface area contributed by atoms with E-state index >= 15 is 0 Å². The van der Waals surface area contributed by atoms with E-state index in [0.717, 1.165) is 24.2 Å². The fraction of sp³-hybridized carbons (Fsp3) is 0.280. The van der Waals surface area contributed by atoms with E-state index in [0.29, 0.717) is 36.5 Å². The van der Waals surface area contributed by atoms with E-state index < -0.39 is 0 Å². The summed E-state index contributed by atoms with van der Waals surface area (Å²) < 4.78 is 22.3. The lowest BCUT2D eigenvalue weighted by Gasteiger charge is -2.26. The molecule has 0 N–H and O–H groups in total. The molecule has 1 saturated heterocycles. The van der Waals surface area contributed by atoms with Crippen molar-refractivity contribution in [1.29, 1.82) is 5.26 Å². The number of anilines is 1. The third kappa shape index (κ3) is 4.61. The van der Waals surface area contributed by atoms with Crippen LogP contribution in [0.5, 0.6) is 5.88 Å². The maximum absolute atomic E-state index is 12.5. The molecule has 3 aliphatic rings. The Labute approximate surface area is 202 Å². The summed E-state index contributed by atoms with van der Waals surface area (Å²) in [6, 6.07) is 5.37. The normalized spacial score (nSPS) is 19.3. The molecule has 1 aliphatic carbocycles. The van der Waals surface area contributed by atoms with Gasteiger partial charge in [-0.05, 0) is 25.0 Å². The first-order valence-corrected chi connectivity index (χ1v) is 11.2. The van der Waals surface area contributed by atoms with Gasteiger partial charge in [0.15, 0.2) is 0 Å². The second-order valence-corrected chi connectivity index (χ2v) is 8.11. The number of amides is 1. The smallest absolute Gasteiger partial charge is 0.292 e. The number of aromatic nitrogens is 2. The summed E-state index contributed by atoms with van der Waals surface area (Å²) >= 11 is 0. The molecular weight excluding hydrogens is 450 g/mol. The third-order valence-electron chi connectivity index (χ3n) is 5.92. The lowest BCUT2D eigenvalue weighted by Crippen LogP contribution is -2.30. The van der Waals surface area contributed by atoms with Gasteiger partial charge in [0.25, 0.3) is 5.91 Å². The van der Waals surface area contributed by atoms with Gasteiger partial charge in [-0.3, -0.25) is 4.79 Å². The number of rotatable bonds is 6. The molecule has 1 atom stereocenters. The average Bonchev–Trinajstić information content (AvgIpc) is 3.61. The van der Waals surface area contributed by atoms with Crippen molar-refractivity contribution >= 4 is 11.6 Å². The van der Waals surface area contributed by atoms with Crippen molar-refractivity contribution < 1.29 is 23.5 Å². The highest BCUT2D eigenvalue weighted by Gasteiger charge is 2.31. The van der Waals surface area contributed by atoms with Crippen LogP contribution >= 0.6 is 0 Å². The summed E-state index contributed by atoms with van der Waals surface area (Å²) in [6.45, 7) is 1.04. The topological polar surface area (TPSA) is 114 Å². The molecule has 4 heterocycles. The quantitative estimate of drug-likeness (QED) is 0.620.